The summed E-state index contributed by atoms with van der Waals surface area (Å²) in [7, 11) is -0.233. The van der Waals surface area contributed by atoms with Gasteiger partial charge in [0.1, 0.15) is 0 Å². The van der Waals surface area contributed by atoms with E-state index in [4.69, 9.17) is 0 Å². The lowest BCUT2D eigenvalue weighted by Gasteiger charge is -2.21. The molecule has 0 spiro atoms. The lowest BCUT2D eigenvalue weighted by Crippen LogP contribution is -2.61. The average molecular weight is 464 g/mol. The summed E-state index contributed by atoms with van der Waals surface area (Å²) in [5, 5.41) is 12.6. The molecule has 2 aromatic carbocycles. The summed E-state index contributed by atoms with van der Waals surface area (Å²) in [4.78, 5) is 13.2. The molecule has 1 aliphatic carbocycles. The van der Waals surface area contributed by atoms with Crippen LogP contribution in [0.15, 0.2) is 41.3 Å². The number of hydrogen-bond acceptors (Lipinski definition) is 5. The van der Waals surface area contributed by atoms with E-state index >= 15 is 0 Å². The Morgan fingerprint density at radius 3 is 2.28 bits per heavy atom. The third-order valence-corrected chi connectivity index (χ3v) is 7.31. The van der Waals surface area contributed by atoms with Gasteiger partial charge in [0.15, 0.2) is 0 Å². The number of nitrogens with zero attached hydrogens (tertiary/aromatic N) is 1. The third kappa shape index (κ3) is 7.18. The maximum absolute atomic E-state index is 12.8. The minimum atomic E-state index is -3.99. The molecule has 0 aliphatic heterocycles. The molecule has 8 heteroatoms. The molecule has 3 rings (SSSR count). The van der Waals surface area contributed by atoms with Crippen LogP contribution in [0.25, 0.3) is 10.8 Å². The van der Waals surface area contributed by atoms with Crippen molar-refractivity contribution in [3.63, 3.8) is 0 Å². The summed E-state index contributed by atoms with van der Waals surface area (Å²) in [6, 6.07) is 9.93. The van der Waals surface area contributed by atoms with Crippen LogP contribution in [0.1, 0.15) is 58.3 Å². The predicted molar refractivity (Wildman–Crippen MR) is 127 cm³/mol. The van der Waals surface area contributed by atoms with Crippen LogP contribution in [0, 0.1) is 0 Å². The van der Waals surface area contributed by atoms with Crippen LogP contribution in [0.5, 0.6) is 0 Å². The number of benzene rings is 2. The van der Waals surface area contributed by atoms with Gasteiger partial charge in [-0.3, -0.25) is 0 Å². The largest absolute Gasteiger partial charge is 0.548 e. The summed E-state index contributed by atoms with van der Waals surface area (Å²) < 4.78 is 27.9. The van der Waals surface area contributed by atoms with Crippen LogP contribution in [-0.4, -0.2) is 40.6 Å². The molecule has 4 N–H and O–H groups in total. The van der Waals surface area contributed by atoms with Crippen molar-refractivity contribution in [1.82, 2.24) is 4.72 Å². The van der Waals surface area contributed by atoms with Gasteiger partial charge in [0.2, 0.25) is 10.0 Å². The molecule has 2 aromatic rings. The molecule has 32 heavy (non-hydrogen) atoms. The number of sulfonamides is 1. The zero-order valence-corrected chi connectivity index (χ0v) is 20.3. The molecular weight excluding hydrogens is 426 g/mol. The lowest BCUT2D eigenvalue weighted by molar-refractivity contribution is -0.425. The zero-order valence-electron chi connectivity index (χ0n) is 19.5. The van der Waals surface area contributed by atoms with E-state index in [0.717, 1.165) is 23.5 Å². The molecular formula is C24H37N3O4S. The Bertz CT molecular complexity index is 986. The van der Waals surface area contributed by atoms with Crippen LogP contribution < -0.4 is 20.5 Å². The van der Waals surface area contributed by atoms with Gasteiger partial charge in [-0.2, -0.15) is 0 Å². The van der Waals surface area contributed by atoms with Gasteiger partial charge in [0.05, 0.1) is 22.9 Å². The minimum Gasteiger partial charge on any atom is -0.548 e. The Balaban J connectivity index is 0.000000439. The van der Waals surface area contributed by atoms with E-state index in [1.165, 1.54) is 38.2 Å². The standard InChI is InChI=1S/C18H24N2O4S.C6H13N/c1-4-5-10-15(18(21)22)19-25(23,24)17-12-7-8-13-14(17)9-6-11-16(13)20(2)3;7-6-4-2-1-3-5-6/h6-9,11-12,15,19H,4-5,10H2,1-3H3,(H,21,22);6H,1-5,7H2. The molecule has 0 radical (unpaired) electrons. The fourth-order valence-corrected chi connectivity index (χ4v) is 5.40. The smallest absolute Gasteiger partial charge is 0.241 e. The van der Waals surface area contributed by atoms with Gasteiger partial charge < -0.3 is 20.5 Å². The third-order valence-electron chi connectivity index (χ3n) is 5.78. The molecule has 178 valence electrons. The first-order chi connectivity index (χ1) is 15.2. The van der Waals surface area contributed by atoms with Gasteiger partial charge in [-0.25, -0.2) is 13.1 Å². The van der Waals surface area contributed by atoms with Crippen LogP contribution in [-0.2, 0) is 14.8 Å². The van der Waals surface area contributed by atoms with E-state index in [-0.39, 0.29) is 11.3 Å². The molecule has 1 saturated carbocycles. The molecule has 1 unspecified atom stereocenters. The first kappa shape index (κ1) is 26.1. The van der Waals surface area contributed by atoms with Gasteiger partial charge in [-0.1, -0.05) is 50.5 Å². The zero-order chi connectivity index (χ0) is 23.7. The number of carboxylic acids is 1. The molecule has 7 nitrogen and oxygen atoms in total. The highest BCUT2D eigenvalue weighted by Gasteiger charge is 2.23. The first-order valence-electron chi connectivity index (χ1n) is 11.4. The maximum Gasteiger partial charge on any atom is 0.241 e. The first-order valence-corrected chi connectivity index (χ1v) is 12.9. The van der Waals surface area contributed by atoms with Gasteiger partial charge in [0.25, 0.3) is 0 Å². The van der Waals surface area contributed by atoms with Gasteiger partial charge in [-0.05, 0) is 44.2 Å². The van der Waals surface area contributed by atoms with Crippen molar-refractivity contribution in [3.8, 4) is 0 Å². The van der Waals surface area contributed by atoms with Crippen LogP contribution in [0.2, 0.25) is 0 Å². The molecule has 0 amide bonds. The molecule has 1 aliphatic rings. The topological polar surface area (TPSA) is 117 Å². The normalized spacial score (nSPS) is 15.6. The number of carboxylic acid groups (broad SMARTS) is 1. The Kier molecular flexibility index (Phi) is 9.93. The molecule has 0 saturated heterocycles. The van der Waals surface area contributed by atoms with Gasteiger partial charge in [-0.15, -0.1) is 0 Å². The molecule has 0 heterocycles. The van der Waals surface area contributed by atoms with Crippen LogP contribution in [0.3, 0.4) is 0 Å². The number of quaternary nitrogens is 1. The van der Waals surface area contributed by atoms with Gasteiger partial charge in [0, 0.05) is 30.6 Å². The van der Waals surface area contributed by atoms with Crippen molar-refractivity contribution < 1.29 is 24.1 Å². The average Bonchev–Trinajstić information content (AvgIpc) is 2.76. The van der Waals surface area contributed by atoms with E-state index in [0.29, 0.717) is 11.8 Å². The number of carbonyl (C=O) groups is 1. The highest BCUT2D eigenvalue weighted by Crippen LogP contribution is 2.30. The Morgan fingerprint density at radius 1 is 1.12 bits per heavy atom. The quantitative estimate of drug-likeness (QED) is 0.621. The van der Waals surface area contributed by atoms with Crippen molar-refractivity contribution in [3.05, 3.63) is 36.4 Å². The van der Waals surface area contributed by atoms with E-state index in [1.807, 2.05) is 38.1 Å². The van der Waals surface area contributed by atoms with Crippen molar-refractivity contribution in [2.45, 2.75) is 75.3 Å². The number of unbranched alkanes of at least 4 members (excludes halogenated alkanes) is 1. The SMILES string of the molecule is CCCCC(NS(=O)(=O)c1cccc2c(N(C)C)cccc12)C(=O)[O-].[NH3+]C1CCCCC1. The van der Waals surface area contributed by atoms with Crippen molar-refractivity contribution >= 4 is 32.5 Å². The number of aliphatic carboxylic acids is 1. The second-order valence-electron chi connectivity index (χ2n) is 8.66. The number of anilines is 1. The van der Waals surface area contributed by atoms with E-state index in [2.05, 4.69) is 10.5 Å². The summed E-state index contributed by atoms with van der Waals surface area (Å²) in [5.41, 5.74) is 4.88. The van der Waals surface area contributed by atoms with Crippen LogP contribution >= 0.6 is 0 Å². The number of rotatable bonds is 8. The lowest BCUT2D eigenvalue weighted by atomic mass is 9.97. The second kappa shape index (κ2) is 12.2. The van der Waals surface area contributed by atoms with E-state index in [9.17, 15) is 18.3 Å². The summed E-state index contributed by atoms with van der Waals surface area (Å²) in [6.07, 6.45) is 8.62. The highest BCUT2D eigenvalue weighted by atomic mass is 32.2. The van der Waals surface area contributed by atoms with Crippen molar-refractivity contribution in [1.29, 1.82) is 0 Å². The van der Waals surface area contributed by atoms with Crippen molar-refractivity contribution in [2.75, 3.05) is 19.0 Å². The summed E-state index contributed by atoms with van der Waals surface area (Å²) in [5.74, 6) is -1.41. The number of carbonyl (C=O) groups excluding carboxylic acids is 1. The van der Waals surface area contributed by atoms with Crippen molar-refractivity contribution in [2.24, 2.45) is 0 Å². The Morgan fingerprint density at radius 2 is 1.75 bits per heavy atom. The molecule has 0 aromatic heterocycles. The minimum absolute atomic E-state index is 0.0662. The highest BCUT2D eigenvalue weighted by molar-refractivity contribution is 7.89. The molecule has 0 bridgehead atoms. The predicted octanol–water partition coefficient (Wildman–Crippen LogP) is 2.05. The Hall–Kier alpha value is -2.16. The second-order valence-corrected chi connectivity index (χ2v) is 10.3. The number of hydrogen-bond donors (Lipinski definition) is 2. The summed E-state index contributed by atoms with van der Waals surface area (Å²) in [6.45, 7) is 1.91. The van der Waals surface area contributed by atoms with Gasteiger partial charge >= 0.3 is 0 Å². The van der Waals surface area contributed by atoms with Crippen LogP contribution in [0.4, 0.5) is 5.69 Å². The summed E-state index contributed by atoms with van der Waals surface area (Å²) >= 11 is 0. The number of fused-ring (bicyclic) bond motifs is 1. The fraction of sp³-hybridized carbons (Fsp3) is 0.542. The molecule has 1 atom stereocenters. The Labute approximate surface area is 192 Å². The maximum atomic E-state index is 12.8. The molecule has 1 fully saturated rings. The number of nitrogens with one attached hydrogen (secondary N) is 1. The van der Waals surface area contributed by atoms with E-state index < -0.39 is 22.0 Å². The van der Waals surface area contributed by atoms with E-state index in [1.54, 1.807) is 18.2 Å². The fourth-order valence-electron chi connectivity index (χ4n) is 3.96. The monoisotopic (exact) mass is 463 g/mol.